The van der Waals surface area contributed by atoms with Gasteiger partial charge in [0.15, 0.2) is 0 Å². The molecule has 1 aromatic rings. The Balaban J connectivity index is 2.21. The van der Waals surface area contributed by atoms with Crippen LogP contribution in [0.5, 0.6) is 0 Å². The number of carbonyl (C=O) groups is 3. The van der Waals surface area contributed by atoms with Crippen LogP contribution in [-0.2, 0) is 14.3 Å². The van der Waals surface area contributed by atoms with E-state index in [1.54, 1.807) is 19.1 Å². The largest absolute Gasteiger partial charge is 0.478 e. The first kappa shape index (κ1) is 15.4. The number of ether oxygens (including phenoxy) is 1. The number of aromatic carboxylic acids is 1. The minimum Gasteiger partial charge on any atom is -0.478 e. The average Bonchev–Trinajstić information content (AvgIpc) is 2.75. The molecule has 1 amide bonds. The van der Waals surface area contributed by atoms with Crippen molar-refractivity contribution in [2.45, 2.75) is 6.92 Å². The number of carboxylic acids is 1. The van der Waals surface area contributed by atoms with Gasteiger partial charge in [-0.25, -0.2) is 9.79 Å². The van der Waals surface area contributed by atoms with Crippen molar-refractivity contribution in [1.29, 1.82) is 0 Å². The maximum Gasteiger partial charge on any atom is 0.335 e. The van der Waals surface area contributed by atoms with Gasteiger partial charge in [0, 0.05) is 0 Å². The van der Waals surface area contributed by atoms with E-state index in [1.165, 1.54) is 30.2 Å². The molecular weight excluding hydrogens is 288 g/mol. The van der Waals surface area contributed by atoms with E-state index in [-0.39, 0.29) is 17.8 Å². The van der Waals surface area contributed by atoms with Gasteiger partial charge in [0.2, 0.25) is 0 Å². The van der Waals surface area contributed by atoms with E-state index < -0.39 is 17.8 Å². The van der Waals surface area contributed by atoms with E-state index >= 15 is 0 Å². The smallest absolute Gasteiger partial charge is 0.335 e. The molecule has 7 nitrogen and oxygen atoms in total. The van der Waals surface area contributed by atoms with Crippen LogP contribution in [0.3, 0.4) is 0 Å². The molecule has 0 saturated carbocycles. The third kappa shape index (κ3) is 3.20. The molecule has 0 fully saturated rings. The zero-order valence-corrected chi connectivity index (χ0v) is 12.1. The number of methoxy groups -OCH3 is 1. The lowest BCUT2D eigenvalue weighted by Gasteiger charge is -2.13. The summed E-state index contributed by atoms with van der Waals surface area (Å²) in [5.41, 5.74) is 0.987. The van der Waals surface area contributed by atoms with Gasteiger partial charge in [0.25, 0.3) is 5.91 Å². The van der Waals surface area contributed by atoms with Gasteiger partial charge in [0.1, 0.15) is 18.1 Å². The highest BCUT2D eigenvalue weighted by Gasteiger charge is 2.29. The van der Waals surface area contributed by atoms with Crippen LogP contribution in [0.1, 0.15) is 22.8 Å². The fraction of sp³-hybridized carbons (Fsp3) is 0.200. The molecule has 0 bridgehead atoms. The number of aliphatic imine (C=N–C) groups is 1. The molecule has 1 aromatic carbocycles. The number of hydrogen-bond acceptors (Lipinski definition) is 5. The predicted molar refractivity (Wildman–Crippen MR) is 78.2 cm³/mol. The summed E-state index contributed by atoms with van der Waals surface area (Å²) in [4.78, 5) is 39.6. The van der Waals surface area contributed by atoms with Crippen molar-refractivity contribution in [3.8, 4) is 0 Å². The molecule has 0 unspecified atom stereocenters. The maximum atomic E-state index is 12.2. The second kappa shape index (κ2) is 6.21. The Bertz CT molecular complexity index is 688. The summed E-state index contributed by atoms with van der Waals surface area (Å²) in [7, 11) is 1.25. The van der Waals surface area contributed by atoms with Gasteiger partial charge in [-0.3, -0.25) is 14.5 Å². The molecule has 0 atom stereocenters. The third-order valence-electron chi connectivity index (χ3n) is 3.11. The molecule has 7 heteroatoms. The summed E-state index contributed by atoms with van der Waals surface area (Å²) in [6.07, 6.45) is 1.54. The summed E-state index contributed by atoms with van der Waals surface area (Å²) in [5.74, 6) is -1.54. The molecule has 114 valence electrons. The van der Waals surface area contributed by atoms with Crippen molar-refractivity contribution in [2.24, 2.45) is 4.99 Å². The highest BCUT2D eigenvalue weighted by atomic mass is 16.5. The number of nitrogens with zero attached hydrogens (tertiary/aromatic N) is 2. The molecule has 0 aliphatic carbocycles. The number of amides is 1. The van der Waals surface area contributed by atoms with Crippen molar-refractivity contribution >= 4 is 29.8 Å². The number of rotatable bonds is 4. The highest BCUT2D eigenvalue weighted by Crippen LogP contribution is 2.18. The number of esters is 1. The van der Waals surface area contributed by atoms with Crippen LogP contribution in [0.25, 0.3) is 6.08 Å². The van der Waals surface area contributed by atoms with E-state index in [0.29, 0.717) is 11.4 Å². The molecule has 22 heavy (non-hydrogen) atoms. The molecule has 1 aliphatic rings. The van der Waals surface area contributed by atoms with E-state index in [2.05, 4.69) is 9.73 Å². The normalized spacial score (nSPS) is 15.9. The number of hydrogen-bond donors (Lipinski definition) is 1. The maximum absolute atomic E-state index is 12.2. The summed E-state index contributed by atoms with van der Waals surface area (Å²) < 4.78 is 4.54. The van der Waals surface area contributed by atoms with Crippen molar-refractivity contribution in [3.05, 3.63) is 41.1 Å². The Kier molecular flexibility index (Phi) is 4.36. The average molecular weight is 302 g/mol. The molecule has 1 heterocycles. The van der Waals surface area contributed by atoms with Gasteiger partial charge in [0.05, 0.1) is 12.7 Å². The lowest BCUT2D eigenvalue weighted by Crippen LogP contribution is -2.35. The predicted octanol–water partition coefficient (Wildman–Crippen LogP) is 1.16. The summed E-state index contributed by atoms with van der Waals surface area (Å²) in [5, 5.41) is 8.84. The number of amidine groups is 1. The van der Waals surface area contributed by atoms with Crippen LogP contribution < -0.4 is 0 Å². The minimum absolute atomic E-state index is 0.159. The second-order valence-electron chi connectivity index (χ2n) is 4.58. The standard InChI is InChI=1S/C15H14N2O5/c1-9-16-12(14(19)17(9)8-13(18)22-2)7-10-3-5-11(6-4-10)15(20)21/h3-7H,8H2,1-2H3,(H,20,21)/b12-7-. The first-order valence-electron chi connectivity index (χ1n) is 6.41. The quantitative estimate of drug-likeness (QED) is 0.665. The highest BCUT2D eigenvalue weighted by molar-refractivity contribution is 6.14. The van der Waals surface area contributed by atoms with Gasteiger partial charge in [-0.15, -0.1) is 0 Å². The molecular formula is C15H14N2O5. The number of benzene rings is 1. The zero-order chi connectivity index (χ0) is 16.3. The van der Waals surface area contributed by atoms with Crippen molar-refractivity contribution in [1.82, 2.24) is 4.90 Å². The Labute approximate surface area is 126 Å². The zero-order valence-electron chi connectivity index (χ0n) is 12.1. The molecule has 1 aliphatic heterocycles. The van der Waals surface area contributed by atoms with Crippen LogP contribution in [0.4, 0.5) is 0 Å². The molecule has 2 rings (SSSR count). The van der Waals surface area contributed by atoms with Crippen LogP contribution in [0.2, 0.25) is 0 Å². The monoisotopic (exact) mass is 302 g/mol. The van der Waals surface area contributed by atoms with E-state index in [4.69, 9.17) is 5.11 Å². The van der Waals surface area contributed by atoms with Crippen LogP contribution in [0.15, 0.2) is 35.0 Å². The van der Waals surface area contributed by atoms with Crippen LogP contribution >= 0.6 is 0 Å². The lowest BCUT2D eigenvalue weighted by atomic mass is 10.1. The Morgan fingerprint density at radius 3 is 2.50 bits per heavy atom. The fourth-order valence-electron chi connectivity index (χ4n) is 1.92. The van der Waals surface area contributed by atoms with E-state index in [9.17, 15) is 14.4 Å². The number of carboxylic acid groups (broad SMARTS) is 1. The molecule has 0 aromatic heterocycles. The summed E-state index contributed by atoms with van der Waals surface area (Å²) >= 11 is 0. The SMILES string of the molecule is COC(=O)CN1C(=O)/C(=C/c2ccc(C(=O)O)cc2)N=C1C. The second-order valence-corrected chi connectivity index (χ2v) is 4.58. The van der Waals surface area contributed by atoms with Gasteiger partial charge in [-0.05, 0) is 30.7 Å². The topological polar surface area (TPSA) is 96.3 Å². The summed E-state index contributed by atoms with van der Waals surface area (Å²) in [6, 6.07) is 6.04. The van der Waals surface area contributed by atoms with Gasteiger partial charge < -0.3 is 9.84 Å². The van der Waals surface area contributed by atoms with Crippen molar-refractivity contribution < 1.29 is 24.2 Å². The molecule has 0 radical (unpaired) electrons. The van der Waals surface area contributed by atoms with Crippen molar-refractivity contribution in [2.75, 3.05) is 13.7 Å². The fourth-order valence-corrected chi connectivity index (χ4v) is 1.92. The Morgan fingerprint density at radius 1 is 1.32 bits per heavy atom. The molecule has 1 N–H and O–H groups in total. The van der Waals surface area contributed by atoms with Gasteiger partial charge in [-0.1, -0.05) is 12.1 Å². The molecule has 0 spiro atoms. The first-order valence-corrected chi connectivity index (χ1v) is 6.41. The Hall–Kier alpha value is -2.96. The summed E-state index contributed by atoms with van der Waals surface area (Å²) in [6.45, 7) is 1.43. The van der Waals surface area contributed by atoms with E-state index in [0.717, 1.165) is 0 Å². The van der Waals surface area contributed by atoms with Crippen LogP contribution in [0, 0.1) is 0 Å². The van der Waals surface area contributed by atoms with Crippen molar-refractivity contribution in [3.63, 3.8) is 0 Å². The lowest BCUT2D eigenvalue weighted by molar-refractivity contribution is -0.143. The third-order valence-corrected chi connectivity index (χ3v) is 3.11. The first-order chi connectivity index (χ1) is 10.4. The molecule has 0 saturated heterocycles. The van der Waals surface area contributed by atoms with Gasteiger partial charge in [-0.2, -0.15) is 0 Å². The van der Waals surface area contributed by atoms with Gasteiger partial charge >= 0.3 is 11.9 Å². The number of carbonyl (C=O) groups excluding carboxylic acids is 2. The van der Waals surface area contributed by atoms with Crippen LogP contribution in [-0.4, -0.2) is 47.3 Å². The van der Waals surface area contributed by atoms with E-state index in [1.807, 2.05) is 0 Å². The minimum atomic E-state index is -1.02. The Morgan fingerprint density at radius 2 is 1.95 bits per heavy atom.